The molecule has 3 aromatic carbocycles. The van der Waals surface area contributed by atoms with Crippen molar-refractivity contribution in [3.63, 3.8) is 0 Å². The number of hydrogen-bond acceptors (Lipinski definition) is 3. The molecule has 0 bridgehead atoms. The van der Waals surface area contributed by atoms with Crippen LogP contribution in [0.3, 0.4) is 0 Å². The summed E-state index contributed by atoms with van der Waals surface area (Å²) in [6, 6.07) is 19.4. The van der Waals surface area contributed by atoms with Gasteiger partial charge in [0.2, 0.25) is 5.91 Å². The zero-order valence-electron chi connectivity index (χ0n) is 13.9. The molecule has 1 heterocycles. The van der Waals surface area contributed by atoms with Gasteiger partial charge in [-0.2, -0.15) is 0 Å². The number of amides is 1. The van der Waals surface area contributed by atoms with Crippen LogP contribution in [0.5, 0.6) is 5.75 Å². The lowest BCUT2D eigenvalue weighted by Gasteiger charge is -2.35. The van der Waals surface area contributed by atoms with E-state index in [0.29, 0.717) is 19.5 Å². The lowest BCUT2D eigenvalue weighted by molar-refractivity contribution is -0.124. The van der Waals surface area contributed by atoms with Gasteiger partial charge in [-0.15, -0.1) is 0 Å². The first-order valence-electron chi connectivity index (χ1n) is 8.43. The highest BCUT2D eigenvalue weighted by Crippen LogP contribution is 2.31. The van der Waals surface area contributed by atoms with Gasteiger partial charge in [-0.05, 0) is 34.4 Å². The number of nitrogens with zero attached hydrogens (tertiary/aromatic N) is 1. The Morgan fingerprint density at radius 3 is 2.56 bits per heavy atom. The van der Waals surface area contributed by atoms with Crippen molar-refractivity contribution in [3.8, 4) is 5.75 Å². The number of carbonyl (C=O) groups excluding carboxylic acids is 1. The van der Waals surface area contributed by atoms with Gasteiger partial charge in [0.05, 0.1) is 6.04 Å². The lowest BCUT2D eigenvalue weighted by Crippen LogP contribution is -2.48. The van der Waals surface area contributed by atoms with Gasteiger partial charge in [-0.1, -0.05) is 54.6 Å². The van der Waals surface area contributed by atoms with Crippen molar-refractivity contribution < 1.29 is 9.90 Å². The molecular weight excluding hydrogens is 312 g/mol. The van der Waals surface area contributed by atoms with Crippen LogP contribution >= 0.6 is 0 Å². The molecule has 3 N–H and O–H groups in total. The Kier molecular flexibility index (Phi) is 3.90. The second-order valence-electron chi connectivity index (χ2n) is 6.58. The lowest BCUT2D eigenvalue weighted by atomic mass is 9.92. The topological polar surface area (TPSA) is 66.6 Å². The standard InChI is InChI=1S/C21H20N2O2/c22-21(25)19-11-15-6-1-2-7-16(15)12-23(19)13-18-17-8-4-3-5-14(17)9-10-20(18)24/h1-10,19,24H,11-13H2,(H2,22,25)/t19-/m0/s1. The second kappa shape index (κ2) is 6.22. The van der Waals surface area contributed by atoms with Crippen LogP contribution in [0.4, 0.5) is 0 Å². The summed E-state index contributed by atoms with van der Waals surface area (Å²) in [6.45, 7) is 1.13. The SMILES string of the molecule is NC(=O)[C@@H]1Cc2ccccc2CN1Cc1c(O)ccc2ccccc12. The van der Waals surface area contributed by atoms with Crippen LogP contribution in [0.15, 0.2) is 60.7 Å². The average Bonchev–Trinajstić information content (AvgIpc) is 2.63. The Hall–Kier alpha value is -2.85. The maximum Gasteiger partial charge on any atom is 0.235 e. The highest BCUT2D eigenvalue weighted by Gasteiger charge is 2.30. The molecule has 3 aromatic rings. The third-order valence-corrected chi connectivity index (χ3v) is 5.05. The number of phenols is 1. The molecule has 0 radical (unpaired) electrons. The minimum Gasteiger partial charge on any atom is -0.508 e. The van der Waals surface area contributed by atoms with Crippen LogP contribution in [-0.2, 0) is 24.3 Å². The van der Waals surface area contributed by atoms with Gasteiger partial charge in [0, 0.05) is 18.7 Å². The van der Waals surface area contributed by atoms with Gasteiger partial charge < -0.3 is 10.8 Å². The molecule has 25 heavy (non-hydrogen) atoms. The molecule has 4 nitrogen and oxygen atoms in total. The highest BCUT2D eigenvalue weighted by atomic mass is 16.3. The average molecular weight is 332 g/mol. The minimum absolute atomic E-state index is 0.251. The Morgan fingerprint density at radius 1 is 1.04 bits per heavy atom. The number of primary amides is 1. The van der Waals surface area contributed by atoms with Crippen LogP contribution in [0.1, 0.15) is 16.7 Å². The van der Waals surface area contributed by atoms with Gasteiger partial charge in [0.25, 0.3) is 0 Å². The predicted molar refractivity (Wildman–Crippen MR) is 98.0 cm³/mol. The largest absolute Gasteiger partial charge is 0.508 e. The Labute approximate surface area is 146 Å². The fraction of sp³-hybridized carbons (Fsp3) is 0.190. The monoisotopic (exact) mass is 332 g/mol. The quantitative estimate of drug-likeness (QED) is 0.775. The molecule has 4 rings (SSSR count). The van der Waals surface area contributed by atoms with E-state index >= 15 is 0 Å². The van der Waals surface area contributed by atoms with E-state index in [1.807, 2.05) is 42.5 Å². The van der Waals surface area contributed by atoms with Crippen molar-refractivity contribution in [1.82, 2.24) is 4.90 Å². The molecule has 0 saturated heterocycles. The van der Waals surface area contributed by atoms with Crippen molar-refractivity contribution in [2.45, 2.75) is 25.6 Å². The predicted octanol–water partition coefficient (Wildman–Crippen LogP) is 2.96. The number of fused-ring (bicyclic) bond motifs is 2. The van der Waals surface area contributed by atoms with Gasteiger partial charge in [-0.3, -0.25) is 9.69 Å². The summed E-state index contributed by atoms with van der Waals surface area (Å²) in [6.07, 6.45) is 0.608. The minimum atomic E-state index is -0.367. The van der Waals surface area contributed by atoms with Crippen molar-refractivity contribution in [2.24, 2.45) is 5.73 Å². The number of phenolic OH excluding ortho intramolecular Hbond substituents is 1. The van der Waals surface area contributed by atoms with E-state index in [9.17, 15) is 9.90 Å². The first-order chi connectivity index (χ1) is 12.1. The fourth-order valence-electron chi connectivity index (χ4n) is 3.72. The molecule has 1 amide bonds. The van der Waals surface area contributed by atoms with Crippen molar-refractivity contribution in [3.05, 3.63) is 77.4 Å². The molecule has 0 saturated carbocycles. The molecular formula is C21H20N2O2. The number of nitrogens with two attached hydrogens (primary N) is 1. The molecule has 1 aliphatic heterocycles. The first kappa shape index (κ1) is 15.7. The Morgan fingerprint density at radius 2 is 1.76 bits per heavy atom. The first-order valence-corrected chi connectivity index (χ1v) is 8.43. The summed E-state index contributed by atoms with van der Waals surface area (Å²) in [4.78, 5) is 14.1. The highest BCUT2D eigenvalue weighted by molar-refractivity contribution is 5.88. The van der Waals surface area contributed by atoms with Crippen LogP contribution < -0.4 is 5.73 Å². The summed E-state index contributed by atoms with van der Waals surface area (Å²) < 4.78 is 0. The van der Waals surface area contributed by atoms with Crippen LogP contribution in [-0.4, -0.2) is 22.0 Å². The van der Waals surface area contributed by atoms with E-state index in [1.165, 1.54) is 11.1 Å². The third-order valence-electron chi connectivity index (χ3n) is 5.05. The maximum atomic E-state index is 12.0. The molecule has 0 spiro atoms. The van der Waals surface area contributed by atoms with Crippen molar-refractivity contribution in [2.75, 3.05) is 0 Å². The molecule has 0 aromatic heterocycles. The molecule has 1 aliphatic rings. The molecule has 126 valence electrons. The summed E-state index contributed by atoms with van der Waals surface area (Å²) in [7, 11) is 0. The van der Waals surface area contributed by atoms with Gasteiger partial charge in [-0.25, -0.2) is 0 Å². The molecule has 1 atom stereocenters. The van der Waals surface area contributed by atoms with Crippen molar-refractivity contribution >= 4 is 16.7 Å². The van der Waals surface area contributed by atoms with Gasteiger partial charge in [0.15, 0.2) is 0 Å². The molecule has 0 fully saturated rings. The van der Waals surface area contributed by atoms with Crippen LogP contribution in [0, 0.1) is 0 Å². The number of hydrogen-bond donors (Lipinski definition) is 2. The van der Waals surface area contributed by atoms with E-state index in [1.54, 1.807) is 6.07 Å². The van der Waals surface area contributed by atoms with Gasteiger partial charge >= 0.3 is 0 Å². The van der Waals surface area contributed by atoms with E-state index in [0.717, 1.165) is 16.3 Å². The fourth-order valence-corrected chi connectivity index (χ4v) is 3.72. The van der Waals surface area contributed by atoms with Gasteiger partial charge in [0.1, 0.15) is 5.75 Å². The Bertz CT molecular complexity index is 952. The van der Waals surface area contributed by atoms with E-state index in [-0.39, 0.29) is 17.7 Å². The third kappa shape index (κ3) is 2.85. The van der Waals surface area contributed by atoms with Crippen LogP contribution in [0.25, 0.3) is 10.8 Å². The summed E-state index contributed by atoms with van der Waals surface area (Å²) >= 11 is 0. The molecule has 0 unspecified atom stereocenters. The zero-order valence-corrected chi connectivity index (χ0v) is 13.9. The molecule has 0 aliphatic carbocycles. The maximum absolute atomic E-state index is 12.0. The van der Waals surface area contributed by atoms with E-state index < -0.39 is 0 Å². The van der Waals surface area contributed by atoms with Crippen molar-refractivity contribution in [1.29, 1.82) is 0 Å². The van der Waals surface area contributed by atoms with E-state index in [4.69, 9.17) is 5.73 Å². The number of carbonyl (C=O) groups is 1. The summed E-state index contributed by atoms with van der Waals surface area (Å²) in [5.74, 6) is -0.0741. The summed E-state index contributed by atoms with van der Waals surface area (Å²) in [5, 5.41) is 12.5. The van der Waals surface area contributed by atoms with Crippen LogP contribution in [0.2, 0.25) is 0 Å². The molecule has 4 heteroatoms. The summed E-state index contributed by atoms with van der Waals surface area (Å²) in [5.41, 5.74) is 8.89. The van der Waals surface area contributed by atoms with E-state index in [2.05, 4.69) is 17.0 Å². The zero-order chi connectivity index (χ0) is 17.4. The normalized spacial score (nSPS) is 17.4. The smallest absolute Gasteiger partial charge is 0.235 e. The number of aromatic hydroxyl groups is 1. The number of rotatable bonds is 3. The number of benzene rings is 3. The Balaban J connectivity index is 1.74. The second-order valence-corrected chi connectivity index (χ2v) is 6.58.